The molecule has 0 spiro atoms. The Morgan fingerprint density at radius 1 is 0.818 bits per heavy atom. The van der Waals surface area contributed by atoms with Crippen LogP contribution in [0, 0.1) is 0 Å². The van der Waals surface area contributed by atoms with Crippen LogP contribution < -0.4 is 20.9 Å². The number of benzene rings is 3. The van der Waals surface area contributed by atoms with E-state index in [2.05, 4.69) is 16.0 Å². The molecule has 0 fully saturated rings. The highest BCUT2D eigenvalue weighted by molar-refractivity contribution is 6.06. The maximum absolute atomic E-state index is 12.8. The quantitative estimate of drug-likeness (QED) is 0.487. The second kappa shape index (κ2) is 10.9. The highest BCUT2D eigenvalue weighted by atomic mass is 16.2. The monoisotopic (exact) mass is 444 g/mol. The van der Waals surface area contributed by atoms with E-state index in [-0.39, 0.29) is 30.3 Å². The van der Waals surface area contributed by atoms with Crippen molar-refractivity contribution in [1.82, 2.24) is 5.32 Å². The Morgan fingerprint density at radius 2 is 1.45 bits per heavy atom. The Labute approximate surface area is 193 Å². The molecule has 0 saturated heterocycles. The summed E-state index contributed by atoms with van der Waals surface area (Å²) in [5, 5.41) is 8.66. The minimum atomic E-state index is -0.270. The molecule has 0 aliphatic heterocycles. The van der Waals surface area contributed by atoms with E-state index in [9.17, 15) is 14.4 Å². The van der Waals surface area contributed by atoms with Crippen molar-refractivity contribution in [3.63, 3.8) is 0 Å². The standard InChI is InChI=1S/C26H28N4O3/c1-18(2)28-25(32)19-9-7-11-21(15-19)27-17-24(31)29-22-12-8-10-20(16-22)26(33)30(3)23-13-5-4-6-14-23/h4-16,18,27H,17H2,1-3H3,(H,28,32)(H,29,31). The zero-order chi connectivity index (χ0) is 23.8. The van der Waals surface area contributed by atoms with Gasteiger partial charge < -0.3 is 20.9 Å². The molecule has 3 N–H and O–H groups in total. The second-order valence-electron chi connectivity index (χ2n) is 7.89. The molecule has 3 rings (SSSR count). The van der Waals surface area contributed by atoms with Gasteiger partial charge in [-0.1, -0.05) is 30.3 Å². The number of nitrogens with zero attached hydrogens (tertiary/aromatic N) is 1. The lowest BCUT2D eigenvalue weighted by molar-refractivity contribution is -0.114. The van der Waals surface area contributed by atoms with E-state index in [0.29, 0.717) is 22.5 Å². The van der Waals surface area contributed by atoms with E-state index in [1.165, 1.54) is 0 Å². The van der Waals surface area contributed by atoms with Crippen LogP contribution in [0.4, 0.5) is 17.1 Å². The van der Waals surface area contributed by atoms with Gasteiger partial charge >= 0.3 is 0 Å². The number of hydrogen-bond donors (Lipinski definition) is 3. The molecule has 0 atom stereocenters. The molecule has 3 aromatic rings. The molecule has 0 aliphatic carbocycles. The Balaban J connectivity index is 1.59. The molecule has 0 radical (unpaired) electrons. The van der Waals surface area contributed by atoms with Crippen LogP contribution in [-0.4, -0.2) is 37.4 Å². The largest absolute Gasteiger partial charge is 0.376 e. The molecule has 0 bridgehead atoms. The fourth-order valence-corrected chi connectivity index (χ4v) is 3.20. The van der Waals surface area contributed by atoms with Gasteiger partial charge in [0.05, 0.1) is 6.54 Å². The van der Waals surface area contributed by atoms with Crippen molar-refractivity contribution in [2.45, 2.75) is 19.9 Å². The van der Waals surface area contributed by atoms with Crippen molar-refractivity contribution in [2.75, 3.05) is 29.1 Å². The molecule has 170 valence electrons. The van der Waals surface area contributed by atoms with Crippen molar-refractivity contribution < 1.29 is 14.4 Å². The molecule has 0 aliphatic rings. The van der Waals surface area contributed by atoms with Gasteiger partial charge in [-0.25, -0.2) is 0 Å². The summed E-state index contributed by atoms with van der Waals surface area (Å²) in [7, 11) is 1.71. The van der Waals surface area contributed by atoms with Gasteiger partial charge in [0.25, 0.3) is 11.8 Å². The number of anilines is 3. The van der Waals surface area contributed by atoms with Gasteiger partial charge in [0.1, 0.15) is 0 Å². The number of carbonyl (C=O) groups excluding carboxylic acids is 3. The third-order valence-corrected chi connectivity index (χ3v) is 4.84. The van der Waals surface area contributed by atoms with Crippen LogP contribution in [0.3, 0.4) is 0 Å². The number of para-hydroxylation sites is 1. The van der Waals surface area contributed by atoms with Crippen molar-refractivity contribution in [1.29, 1.82) is 0 Å². The molecule has 33 heavy (non-hydrogen) atoms. The van der Waals surface area contributed by atoms with E-state index in [4.69, 9.17) is 0 Å². The van der Waals surface area contributed by atoms with E-state index >= 15 is 0 Å². The zero-order valence-electron chi connectivity index (χ0n) is 19.0. The predicted molar refractivity (Wildman–Crippen MR) is 132 cm³/mol. The molecule has 7 heteroatoms. The van der Waals surface area contributed by atoms with Crippen LogP contribution >= 0.6 is 0 Å². The Kier molecular flexibility index (Phi) is 7.81. The smallest absolute Gasteiger partial charge is 0.258 e. The number of rotatable bonds is 8. The summed E-state index contributed by atoms with van der Waals surface area (Å²) >= 11 is 0. The number of amides is 3. The van der Waals surface area contributed by atoms with Crippen molar-refractivity contribution >= 4 is 34.8 Å². The average Bonchev–Trinajstić information content (AvgIpc) is 2.82. The van der Waals surface area contributed by atoms with Gasteiger partial charge in [-0.15, -0.1) is 0 Å². The highest BCUT2D eigenvalue weighted by Crippen LogP contribution is 2.17. The summed E-state index contributed by atoms with van der Waals surface area (Å²) in [5.41, 5.74) is 2.96. The number of hydrogen-bond acceptors (Lipinski definition) is 4. The van der Waals surface area contributed by atoms with E-state index in [0.717, 1.165) is 5.69 Å². The molecule has 0 heterocycles. The minimum Gasteiger partial charge on any atom is -0.376 e. The van der Waals surface area contributed by atoms with Crippen LogP contribution in [0.25, 0.3) is 0 Å². The van der Waals surface area contributed by atoms with Gasteiger partial charge in [-0.2, -0.15) is 0 Å². The number of carbonyl (C=O) groups is 3. The summed E-state index contributed by atoms with van der Waals surface area (Å²) in [6.07, 6.45) is 0. The molecule has 7 nitrogen and oxygen atoms in total. The number of nitrogens with one attached hydrogen (secondary N) is 3. The third-order valence-electron chi connectivity index (χ3n) is 4.84. The summed E-state index contributed by atoms with van der Waals surface area (Å²) in [6, 6.07) is 23.2. The molecule has 0 unspecified atom stereocenters. The van der Waals surface area contributed by atoms with Crippen molar-refractivity contribution in [3.05, 3.63) is 90.0 Å². The fraction of sp³-hybridized carbons (Fsp3) is 0.192. The first-order chi connectivity index (χ1) is 15.8. The second-order valence-corrected chi connectivity index (χ2v) is 7.89. The van der Waals surface area contributed by atoms with E-state index in [1.54, 1.807) is 60.5 Å². The average molecular weight is 445 g/mol. The first-order valence-corrected chi connectivity index (χ1v) is 10.7. The Bertz CT molecular complexity index is 1130. The summed E-state index contributed by atoms with van der Waals surface area (Å²) in [6.45, 7) is 3.80. The Hall–Kier alpha value is -4.13. The maximum atomic E-state index is 12.8. The zero-order valence-corrected chi connectivity index (χ0v) is 19.0. The predicted octanol–water partition coefficient (Wildman–Crippen LogP) is 4.15. The van der Waals surface area contributed by atoms with E-state index in [1.807, 2.05) is 44.2 Å². The van der Waals surface area contributed by atoms with Crippen LogP contribution in [0.5, 0.6) is 0 Å². The molecule has 0 saturated carbocycles. The first-order valence-electron chi connectivity index (χ1n) is 10.7. The lowest BCUT2D eigenvalue weighted by Gasteiger charge is -2.18. The normalized spacial score (nSPS) is 10.4. The summed E-state index contributed by atoms with van der Waals surface area (Å²) in [4.78, 5) is 39.0. The van der Waals surface area contributed by atoms with E-state index < -0.39 is 0 Å². The third kappa shape index (κ3) is 6.67. The first kappa shape index (κ1) is 23.5. The van der Waals surface area contributed by atoms with Gasteiger partial charge in [-0.3, -0.25) is 14.4 Å². The van der Waals surface area contributed by atoms with Crippen molar-refractivity contribution in [3.8, 4) is 0 Å². The topological polar surface area (TPSA) is 90.5 Å². The summed E-state index contributed by atoms with van der Waals surface area (Å²) in [5.74, 6) is -0.611. The lowest BCUT2D eigenvalue weighted by atomic mass is 10.1. The lowest BCUT2D eigenvalue weighted by Crippen LogP contribution is -2.30. The van der Waals surface area contributed by atoms with Gasteiger partial charge in [0, 0.05) is 41.3 Å². The fourth-order valence-electron chi connectivity index (χ4n) is 3.20. The van der Waals surface area contributed by atoms with Crippen LogP contribution in [0.2, 0.25) is 0 Å². The van der Waals surface area contributed by atoms with Gasteiger partial charge in [0.2, 0.25) is 5.91 Å². The molecule has 0 aromatic heterocycles. The van der Waals surface area contributed by atoms with Crippen LogP contribution in [0.1, 0.15) is 34.6 Å². The highest BCUT2D eigenvalue weighted by Gasteiger charge is 2.14. The van der Waals surface area contributed by atoms with Crippen molar-refractivity contribution in [2.24, 2.45) is 0 Å². The SMILES string of the molecule is CC(C)NC(=O)c1cccc(NCC(=O)Nc2cccc(C(=O)N(C)c3ccccc3)c2)c1. The molecule has 3 aromatic carbocycles. The maximum Gasteiger partial charge on any atom is 0.258 e. The van der Waals surface area contributed by atoms with Crippen LogP contribution in [0.15, 0.2) is 78.9 Å². The Morgan fingerprint density at radius 3 is 2.15 bits per heavy atom. The molecular weight excluding hydrogens is 416 g/mol. The molecular formula is C26H28N4O3. The van der Waals surface area contributed by atoms with Gasteiger partial charge in [0.15, 0.2) is 0 Å². The minimum absolute atomic E-state index is 0.0113. The van der Waals surface area contributed by atoms with Crippen LogP contribution in [-0.2, 0) is 4.79 Å². The molecule has 3 amide bonds. The van der Waals surface area contributed by atoms with Gasteiger partial charge in [-0.05, 0) is 62.4 Å². The summed E-state index contributed by atoms with van der Waals surface area (Å²) < 4.78 is 0.